The van der Waals surface area contributed by atoms with E-state index in [1.807, 2.05) is 0 Å². The first-order chi connectivity index (χ1) is 7.06. The molecule has 1 aliphatic carbocycles. The molecule has 0 heterocycles. The van der Waals surface area contributed by atoms with E-state index >= 15 is 0 Å². The number of ketones is 2. The van der Waals surface area contributed by atoms with Crippen molar-refractivity contribution in [1.29, 1.82) is 0 Å². The van der Waals surface area contributed by atoms with Gasteiger partial charge in [-0.25, -0.2) is 0 Å². The predicted octanol–water partition coefficient (Wildman–Crippen LogP) is 0.667. The van der Waals surface area contributed by atoms with Crippen LogP contribution in [0.25, 0.3) is 0 Å². The average Bonchev–Trinajstić information content (AvgIpc) is 2.20. The molecule has 0 bridgehead atoms. The van der Waals surface area contributed by atoms with E-state index in [0.29, 0.717) is 17.8 Å². The lowest BCUT2D eigenvalue weighted by atomic mass is 10.0. The molecule has 5 heteroatoms. The fraction of sp³-hybridized carbons (Fsp3) is 0.400. The van der Waals surface area contributed by atoms with Crippen LogP contribution in [0.1, 0.15) is 6.92 Å². The number of nitrogens with zero attached hydrogens (tertiary/aromatic N) is 2. The molecule has 80 valence electrons. The third-order valence-electron chi connectivity index (χ3n) is 2.19. The highest BCUT2D eigenvalue weighted by molar-refractivity contribution is 6.19. The molecule has 0 radical (unpaired) electrons. The molecule has 0 unspecified atom stereocenters. The van der Waals surface area contributed by atoms with Gasteiger partial charge in [-0.3, -0.25) is 9.59 Å². The first kappa shape index (κ1) is 11.3. The van der Waals surface area contributed by atoms with Gasteiger partial charge in [-0.1, -0.05) is 5.18 Å². The SMILES string of the molecule is CC1=CC(=O)C(N(C)CCN=O)=CC1=O. The Morgan fingerprint density at radius 2 is 1.93 bits per heavy atom. The molecule has 0 N–H and O–H groups in total. The van der Waals surface area contributed by atoms with Gasteiger partial charge in [-0.05, 0) is 13.0 Å². The smallest absolute Gasteiger partial charge is 0.202 e. The molecular weight excluding hydrogens is 196 g/mol. The topological polar surface area (TPSA) is 66.8 Å². The Morgan fingerprint density at radius 1 is 1.27 bits per heavy atom. The first-order valence-electron chi connectivity index (χ1n) is 4.55. The number of hydrogen-bond acceptors (Lipinski definition) is 5. The van der Waals surface area contributed by atoms with Crippen LogP contribution in [-0.2, 0) is 9.59 Å². The summed E-state index contributed by atoms with van der Waals surface area (Å²) in [5.74, 6) is -0.379. The largest absolute Gasteiger partial charge is 0.369 e. The Morgan fingerprint density at radius 3 is 2.53 bits per heavy atom. The number of rotatable bonds is 4. The van der Waals surface area contributed by atoms with Crippen LogP contribution in [0.3, 0.4) is 0 Å². The number of carbonyl (C=O) groups excluding carboxylic acids is 2. The van der Waals surface area contributed by atoms with Gasteiger partial charge < -0.3 is 4.90 Å². The van der Waals surface area contributed by atoms with E-state index in [1.165, 1.54) is 12.2 Å². The van der Waals surface area contributed by atoms with Crippen molar-refractivity contribution in [2.45, 2.75) is 6.92 Å². The van der Waals surface area contributed by atoms with Gasteiger partial charge in [-0.2, -0.15) is 4.91 Å². The van der Waals surface area contributed by atoms with Gasteiger partial charge in [0.2, 0.25) is 5.78 Å². The highest BCUT2D eigenvalue weighted by Crippen LogP contribution is 2.13. The lowest BCUT2D eigenvalue weighted by Gasteiger charge is -2.21. The van der Waals surface area contributed by atoms with Gasteiger partial charge in [0, 0.05) is 25.2 Å². The van der Waals surface area contributed by atoms with Crippen LogP contribution in [0.5, 0.6) is 0 Å². The molecule has 0 aromatic carbocycles. The van der Waals surface area contributed by atoms with E-state index in [4.69, 9.17) is 0 Å². The zero-order chi connectivity index (χ0) is 11.4. The van der Waals surface area contributed by atoms with Gasteiger partial charge in [0.1, 0.15) is 0 Å². The number of carbonyl (C=O) groups is 2. The van der Waals surface area contributed by atoms with Crippen molar-refractivity contribution in [1.82, 2.24) is 4.90 Å². The van der Waals surface area contributed by atoms with Crippen LogP contribution >= 0.6 is 0 Å². The van der Waals surface area contributed by atoms with Crippen LogP contribution in [0.15, 0.2) is 28.6 Å². The average molecular weight is 208 g/mol. The number of hydrogen-bond donors (Lipinski definition) is 0. The summed E-state index contributed by atoms with van der Waals surface area (Å²) in [5, 5.41) is 2.70. The van der Waals surface area contributed by atoms with E-state index in [1.54, 1.807) is 18.9 Å². The highest BCUT2D eigenvalue weighted by atomic mass is 16.3. The number of nitroso groups, excluding NO2 is 1. The maximum Gasteiger partial charge on any atom is 0.202 e. The number of allylic oxidation sites excluding steroid dienone is 3. The molecule has 0 aromatic heterocycles. The highest BCUT2D eigenvalue weighted by Gasteiger charge is 2.20. The second kappa shape index (κ2) is 4.63. The fourth-order valence-electron chi connectivity index (χ4n) is 1.26. The van der Waals surface area contributed by atoms with Gasteiger partial charge in [0.15, 0.2) is 5.78 Å². The van der Waals surface area contributed by atoms with Crippen LogP contribution < -0.4 is 0 Å². The Labute approximate surface area is 87.4 Å². The predicted molar refractivity (Wildman–Crippen MR) is 55.1 cm³/mol. The minimum atomic E-state index is -0.208. The lowest BCUT2D eigenvalue weighted by molar-refractivity contribution is -0.116. The monoisotopic (exact) mass is 208 g/mol. The summed E-state index contributed by atoms with van der Waals surface area (Å²) in [6.45, 7) is 2.03. The Hall–Kier alpha value is -1.78. The van der Waals surface area contributed by atoms with Crippen molar-refractivity contribution in [2.75, 3.05) is 20.1 Å². The molecule has 0 aromatic rings. The summed E-state index contributed by atoms with van der Waals surface area (Å²) in [6.07, 6.45) is 2.60. The lowest BCUT2D eigenvalue weighted by Crippen LogP contribution is -2.28. The summed E-state index contributed by atoms with van der Waals surface area (Å²) >= 11 is 0. The molecule has 1 rings (SSSR count). The zero-order valence-electron chi connectivity index (χ0n) is 8.69. The molecule has 0 amide bonds. The van der Waals surface area contributed by atoms with Crippen molar-refractivity contribution in [3.8, 4) is 0 Å². The van der Waals surface area contributed by atoms with Crippen LogP contribution in [-0.4, -0.2) is 36.6 Å². The van der Waals surface area contributed by atoms with Gasteiger partial charge in [0.25, 0.3) is 0 Å². The summed E-state index contributed by atoms with van der Waals surface area (Å²) in [7, 11) is 1.65. The Balaban J connectivity index is 2.78. The first-order valence-corrected chi connectivity index (χ1v) is 4.55. The second-order valence-electron chi connectivity index (χ2n) is 3.36. The molecule has 0 spiro atoms. The van der Waals surface area contributed by atoms with Gasteiger partial charge in [-0.15, -0.1) is 0 Å². The summed E-state index contributed by atoms with van der Waals surface area (Å²) in [6, 6.07) is 0. The van der Waals surface area contributed by atoms with Gasteiger partial charge >= 0.3 is 0 Å². The molecule has 0 saturated carbocycles. The molecular formula is C10H12N2O3. The van der Waals surface area contributed by atoms with Crippen molar-refractivity contribution in [2.24, 2.45) is 5.18 Å². The molecule has 0 fully saturated rings. The van der Waals surface area contributed by atoms with E-state index in [-0.39, 0.29) is 18.1 Å². The van der Waals surface area contributed by atoms with Crippen molar-refractivity contribution >= 4 is 11.6 Å². The molecule has 0 atom stereocenters. The van der Waals surface area contributed by atoms with Crippen LogP contribution in [0, 0.1) is 4.91 Å². The molecule has 1 aliphatic rings. The van der Waals surface area contributed by atoms with E-state index in [9.17, 15) is 14.5 Å². The molecule has 15 heavy (non-hydrogen) atoms. The van der Waals surface area contributed by atoms with Gasteiger partial charge in [0.05, 0.1) is 12.2 Å². The second-order valence-corrected chi connectivity index (χ2v) is 3.36. The van der Waals surface area contributed by atoms with Crippen molar-refractivity contribution in [3.05, 3.63) is 28.3 Å². The van der Waals surface area contributed by atoms with E-state index < -0.39 is 0 Å². The molecule has 0 aliphatic heterocycles. The Kier molecular flexibility index (Phi) is 3.49. The summed E-state index contributed by atoms with van der Waals surface area (Å²) in [4.78, 5) is 34.3. The Bertz CT molecular complexity index is 369. The van der Waals surface area contributed by atoms with E-state index in [2.05, 4.69) is 5.18 Å². The van der Waals surface area contributed by atoms with Crippen LogP contribution in [0.2, 0.25) is 0 Å². The minimum Gasteiger partial charge on any atom is -0.369 e. The van der Waals surface area contributed by atoms with Crippen molar-refractivity contribution in [3.63, 3.8) is 0 Å². The maximum atomic E-state index is 11.5. The third kappa shape index (κ3) is 2.59. The maximum absolute atomic E-state index is 11.5. The van der Waals surface area contributed by atoms with Crippen molar-refractivity contribution < 1.29 is 9.59 Å². The normalized spacial score (nSPS) is 15.9. The standard InChI is InChI=1S/C10H12N2O3/c1-7-5-10(14)8(6-9(7)13)12(2)4-3-11-15/h5-6H,3-4H2,1-2H3. The third-order valence-corrected chi connectivity index (χ3v) is 2.19. The number of likely N-dealkylation sites (N-methyl/N-ethyl adjacent to an activating group) is 1. The molecule has 5 nitrogen and oxygen atoms in total. The zero-order valence-corrected chi connectivity index (χ0v) is 8.69. The van der Waals surface area contributed by atoms with Crippen LogP contribution in [0.4, 0.5) is 0 Å². The van der Waals surface area contributed by atoms with E-state index in [0.717, 1.165) is 0 Å². The minimum absolute atomic E-state index is 0.0952. The molecule has 0 saturated heterocycles. The quantitative estimate of drug-likeness (QED) is 0.503. The summed E-state index contributed by atoms with van der Waals surface area (Å²) < 4.78 is 0. The fourth-order valence-corrected chi connectivity index (χ4v) is 1.26. The summed E-state index contributed by atoms with van der Waals surface area (Å²) in [5.41, 5.74) is 0.750.